The summed E-state index contributed by atoms with van der Waals surface area (Å²) in [6, 6.07) is 6.34. The van der Waals surface area contributed by atoms with E-state index < -0.39 is 15.9 Å². The van der Waals surface area contributed by atoms with Crippen LogP contribution in [0.4, 0.5) is 4.79 Å². The second-order valence-electron chi connectivity index (χ2n) is 5.62. The molecule has 7 heteroatoms. The molecular weight excluding hydrogens is 306 g/mol. The third kappa shape index (κ3) is 4.37. The predicted molar refractivity (Wildman–Crippen MR) is 82.0 cm³/mol. The van der Waals surface area contributed by atoms with Gasteiger partial charge < -0.3 is 15.2 Å². The SMILES string of the molecule is COc1ccc(S(=O)(=O)CC2CCC(NC(=O)O)CC2)cc1. The molecule has 122 valence electrons. The number of amides is 1. The molecule has 0 aliphatic heterocycles. The van der Waals surface area contributed by atoms with Gasteiger partial charge >= 0.3 is 6.09 Å². The Morgan fingerprint density at radius 2 is 1.82 bits per heavy atom. The van der Waals surface area contributed by atoms with Crippen molar-refractivity contribution in [3.05, 3.63) is 24.3 Å². The summed E-state index contributed by atoms with van der Waals surface area (Å²) in [6.45, 7) is 0. The lowest BCUT2D eigenvalue weighted by molar-refractivity contribution is 0.183. The first kappa shape index (κ1) is 16.6. The highest BCUT2D eigenvalue weighted by atomic mass is 32.2. The zero-order chi connectivity index (χ0) is 16.2. The molecule has 1 aliphatic rings. The van der Waals surface area contributed by atoms with E-state index in [1.807, 2.05) is 0 Å². The lowest BCUT2D eigenvalue weighted by Crippen LogP contribution is -2.37. The normalized spacial score (nSPS) is 22.0. The average Bonchev–Trinajstić information content (AvgIpc) is 2.48. The molecule has 6 nitrogen and oxygen atoms in total. The van der Waals surface area contributed by atoms with Crippen LogP contribution in [0.15, 0.2) is 29.2 Å². The van der Waals surface area contributed by atoms with E-state index in [1.54, 1.807) is 24.3 Å². The second kappa shape index (κ2) is 7.00. The van der Waals surface area contributed by atoms with Crippen molar-refractivity contribution in [2.45, 2.75) is 36.6 Å². The van der Waals surface area contributed by atoms with Gasteiger partial charge in [-0.2, -0.15) is 0 Å². The highest BCUT2D eigenvalue weighted by Crippen LogP contribution is 2.28. The number of benzene rings is 1. The molecule has 0 unspecified atom stereocenters. The van der Waals surface area contributed by atoms with Crippen LogP contribution in [-0.2, 0) is 9.84 Å². The lowest BCUT2D eigenvalue weighted by atomic mass is 9.87. The monoisotopic (exact) mass is 327 g/mol. The van der Waals surface area contributed by atoms with Gasteiger partial charge in [0.05, 0.1) is 17.8 Å². The summed E-state index contributed by atoms with van der Waals surface area (Å²) in [6.07, 6.45) is 1.81. The molecule has 0 spiro atoms. The maximum atomic E-state index is 12.4. The van der Waals surface area contributed by atoms with E-state index in [0.29, 0.717) is 23.5 Å². The Morgan fingerprint density at radius 1 is 1.23 bits per heavy atom. The Labute approximate surface area is 130 Å². The van der Waals surface area contributed by atoms with Crippen molar-refractivity contribution < 1.29 is 23.1 Å². The molecule has 1 amide bonds. The van der Waals surface area contributed by atoms with Gasteiger partial charge in [0.2, 0.25) is 0 Å². The highest BCUT2D eigenvalue weighted by Gasteiger charge is 2.27. The number of hydrogen-bond donors (Lipinski definition) is 2. The van der Waals surface area contributed by atoms with Crippen molar-refractivity contribution in [1.29, 1.82) is 0 Å². The van der Waals surface area contributed by atoms with Crippen LogP contribution >= 0.6 is 0 Å². The van der Waals surface area contributed by atoms with E-state index >= 15 is 0 Å². The summed E-state index contributed by atoms with van der Waals surface area (Å²) in [5.41, 5.74) is 0. The number of methoxy groups -OCH3 is 1. The quantitative estimate of drug-likeness (QED) is 0.865. The van der Waals surface area contributed by atoms with Crippen LogP contribution in [-0.4, -0.2) is 38.5 Å². The number of rotatable bonds is 5. The lowest BCUT2D eigenvalue weighted by Gasteiger charge is -2.28. The van der Waals surface area contributed by atoms with Crippen molar-refractivity contribution in [3.8, 4) is 5.75 Å². The zero-order valence-electron chi connectivity index (χ0n) is 12.5. The standard InChI is InChI=1S/C15H21NO5S/c1-21-13-6-8-14(9-7-13)22(19,20)10-11-2-4-12(5-3-11)16-15(17)18/h6-9,11-12,16H,2-5,10H2,1H3,(H,17,18). The van der Waals surface area contributed by atoms with Crippen molar-refractivity contribution in [2.24, 2.45) is 5.92 Å². The maximum Gasteiger partial charge on any atom is 0.404 e. The molecule has 1 saturated carbocycles. The minimum atomic E-state index is -3.32. The molecule has 1 fully saturated rings. The highest BCUT2D eigenvalue weighted by molar-refractivity contribution is 7.91. The maximum absolute atomic E-state index is 12.4. The van der Waals surface area contributed by atoms with Crippen LogP contribution in [0.5, 0.6) is 5.75 Å². The van der Waals surface area contributed by atoms with Gasteiger partial charge in [-0.05, 0) is 55.9 Å². The van der Waals surface area contributed by atoms with Gasteiger partial charge in [0.25, 0.3) is 0 Å². The molecule has 1 aliphatic carbocycles. The molecule has 22 heavy (non-hydrogen) atoms. The number of hydrogen-bond acceptors (Lipinski definition) is 4. The van der Waals surface area contributed by atoms with Crippen LogP contribution in [0.3, 0.4) is 0 Å². The molecule has 0 saturated heterocycles. The first-order chi connectivity index (χ1) is 10.4. The molecule has 2 N–H and O–H groups in total. The van der Waals surface area contributed by atoms with Gasteiger partial charge in [-0.15, -0.1) is 0 Å². The minimum Gasteiger partial charge on any atom is -0.497 e. The Balaban J connectivity index is 1.93. The summed E-state index contributed by atoms with van der Waals surface area (Å²) < 4.78 is 29.8. The van der Waals surface area contributed by atoms with Crippen LogP contribution < -0.4 is 10.1 Å². The van der Waals surface area contributed by atoms with E-state index in [0.717, 1.165) is 12.8 Å². The van der Waals surface area contributed by atoms with Crippen molar-refractivity contribution in [2.75, 3.05) is 12.9 Å². The fraction of sp³-hybridized carbons (Fsp3) is 0.533. The van der Waals surface area contributed by atoms with Crippen LogP contribution in [0.1, 0.15) is 25.7 Å². The smallest absolute Gasteiger partial charge is 0.404 e. The summed E-state index contributed by atoms with van der Waals surface area (Å²) in [7, 11) is -1.78. The molecule has 0 bridgehead atoms. The van der Waals surface area contributed by atoms with Gasteiger partial charge in [0, 0.05) is 6.04 Å². The van der Waals surface area contributed by atoms with Gasteiger partial charge in [-0.1, -0.05) is 0 Å². The number of nitrogens with one attached hydrogen (secondary N) is 1. The Morgan fingerprint density at radius 3 is 2.32 bits per heavy atom. The molecular formula is C15H21NO5S. The van der Waals surface area contributed by atoms with Gasteiger partial charge in [-0.25, -0.2) is 13.2 Å². The number of ether oxygens (including phenoxy) is 1. The van der Waals surface area contributed by atoms with Gasteiger partial charge in [0.15, 0.2) is 9.84 Å². The van der Waals surface area contributed by atoms with Gasteiger partial charge in [0.1, 0.15) is 5.75 Å². The van der Waals surface area contributed by atoms with E-state index in [1.165, 1.54) is 7.11 Å². The largest absolute Gasteiger partial charge is 0.497 e. The van der Waals surface area contributed by atoms with Crippen LogP contribution in [0.2, 0.25) is 0 Å². The zero-order valence-corrected chi connectivity index (χ0v) is 13.3. The van der Waals surface area contributed by atoms with Crippen LogP contribution in [0, 0.1) is 5.92 Å². The topological polar surface area (TPSA) is 92.7 Å². The first-order valence-corrected chi connectivity index (χ1v) is 8.92. The van der Waals surface area contributed by atoms with Crippen molar-refractivity contribution >= 4 is 15.9 Å². The Bertz CT molecular complexity index is 603. The summed E-state index contributed by atoms with van der Waals surface area (Å²) in [5.74, 6) is 0.817. The molecule has 1 aromatic carbocycles. The van der Waals surface area contributed by atoms with E-state index in [2.05, 4.69) is 5.32 Å². The second-order valence-corrected chi connectivity index (χ2v) is 7.66. The Hall–Kier alpha value is -1.76. The molecule has 0 radical (unpaired) electrons. The average molecular weight is 327 g/mol. The summed E-state index contributed by atoms with van der Waals surface area (Å²) >= 11 is 0. The van der Waals surface area contributed by atoms with E-state index in [9.17, 15) is 13.2 Å². The minimum absolute atomic E-state index is 0.0579. The number of carbonyl (C=O) groups is 1. The molecule has 1 aromatic rings. The van der Waals surface area contributed by atoms with Gasteiger partial charge in [-0.3, -0.25) is 0 Å². The molecule has 2 rings (SSSR count). The summed E-state index contributed by atoms with van der Waals surface area (Å²) in [4.78, 5) is 10.9. The van der Waals surface area contributed by atoms with E-state index in [4.69, 9.17) is 9.84 Å². The van der Waals surface area contributed by atoms with Crippen molar-refractivity contribution in [1.82, 2.24) is 5.32 Å². The van der Waals surface area contributed by atoms with Crippen molar-refractivity contribution in [3.63, 3.8) is 0 Å². The fourth-order valence-electron chi connectivity index (χ4n) is 2.84. The predicted octanol–water partition coefficient (Wildman–Crippen LogP) is 2.30. The number of carboxylic acid groups (broad SMARTS) is 1. The third-order valence-electron chi connectivity index (χ3n) is 4.05. The number of sulfone groups is 1. The Kier molecular flexibility index (Phi) is 5.28. The fourth-order valence-corrected chi connectivity index (χ4v) is 4.53. The van der Waals surface area contributed by atoms with E-state index in [-0.39, 0.29) is 17.7 Å². The van der Waals surface area contributed by atoms with Crippen LogP contribution in [0.25, 0.3) is 0 Å². The molecule has 0 heterocycles. The molecule has 0 aromatic heterocycles. The molecule has 0 atom stereocenters. The summed E-state index contributed by atoms with van der Waals surface area (Å²) in [5, 5.41) is 11.2. The third-order valence-corrected chi connectivity index (χ3v) is 5.95. The first-order valence-electron chi connectivity index (χ1n) is 7.27.